The van der Waals surface area contributed by atoms with Crippen LogP contribution in [0.1, 0.15) is 58.3 Å². The molecule has 2 rings (SSSR count). The Morgan fingerprint density at radius 3 is 2.38 bits per heavy atom. The summed E-state index contributed by atoms with van der Waals surface area (Å²) in [7, 11) is 0. The molecular formula is C13H24N2O. The Balaban J connectivity index is 2.00. The van der Waals surface area contributed by atoms with Gasteiger partial charge < -0.3 is 10.6 Å². The van der Waals surface area contributed by atoms with Crippen LogP contribution in [0.25, 0.3) is 0 Å². The summed E-state index contributed by atoms with van der Waals surface area (Å²) in [5.74, 6) is 0.238. The second-order valence-corrected chi connectivity index (χ2v) is 5.27. The van der Waals surface area contributed by atoms with Crippen LogP contribution in [0, 0.1) is 0 Å². The fraction of sp³-hybridized carbons (Fsp3) is 0.923. The standard InChI is InChI=1S/C13H24N2O/c1-2-14-12(16)13(9-4-3-5-10-13)15-11-7-6-8-11/h11,15H,2-10H2,1H3,(H,14,16). The largest absolute Gasteiger partial charge is 0.355 e. The van der Waals surface area contributed by atoms with Gasteiger partial charge in [-0.3, -0.25) is 4.79 Å². The van der Waals surface area contributed by atoms with Gasteiger partial charge in [0.2, 0.25) is 5.91 Å². The van der Waals surface area contributed by atoms with E-state index in [0.717, 1.165) is 19.4 Å². The van der Waals surface area contributed by atoms with Gasteiger partial charge in [-0.2, -0.15) is 0 Å². The average Bonchev–Trinajstić information content (AvgIpc) is 2.25. The van der Waals surface area contributed by atoms with Crippen LogP contribution in [0.4, 0.5) is 0 Å². The third-order valence-corrected chi connectivity index (χ3v) is 4.06. The lowest BCUT2D eigenvalue weighted by Crippen LogP contribution is -2.61. The van der Waals surface area contributed by atoms with E-state index in [-0.39, 0.29) is 11.4 Å². The lowest BCUT2D eigenvalue weighted by atomic mass is 9.78. The van der Waals surface area contributed by atoms with Crippen molar-refractivity contribution in [1.82, 2.24) is 10.6 Å². The van der Waals surface area contributed by atoms with Crippen molar-refractivity contribution in [2.45, 2.75) is 69.9 Å². The SMILES string of the molecule is CCNC(=O)C1(NC2CCC2)CCCCC1. The Morgan fingerprint density at radius 1 is 1.19 bits per heavy atom. The molecule has 2 aliphatic rings. The van der Waals surface area contributed by atoms with E-state index in [1.165, 1.54) is 38.5 Å². The second-order valence-electron chi connectivity index (χ2n) is 5.27. The summed E-state index contributed by atoms with van der Waals surface area (Å²) in [6.45, 7) is 2.74. The zero-order valence-corrected chi connectivity index (χ0v) is 10.3. The summed E-state index contributed by atoms with van der Waals surface area (Å²) in [6.07, 6.45) is 9.54. The number of hydrogen-bond acceptors (Lipinski definition) is 2. The zero-order chi connectivity index (χ0) is 11.4. The Morgan fingerprint density at radius 2 is 1.88 bits per heavy atom. The maximum absolute atomic E-state index is 12.2. The third kappa shape index (κ3) is 2.40. The molecule has 2 aliphatic carbocycles. The molecule has 0 radical (unpaired) electrons. The number of carbonyl (C=O) groups excluding carboxylic acids is 1. The van der Waals surface area contributed by atoms with Crippen LogP contribution in [0.5, 0.6) is 0 Å². The van der Waals surface area contributed by atoms with E-state index in [1.807, 2.05) is 6.92 Å². The first kappa shape index (κ1) is 11.9. The van der Waals surface area contributed by atoms with Crippen LogP contribution < -0.4 is 10.6 Å². The Kier molecular flexibility index (Phi) is 3.85. The van der Waals surface area contributed by atoms with E-state index >= 15 is 0 Å². The van der Waals surface area contributed by atoms with Gasteiger partial charge in [-0.05, 0) is 32.6 Å². The van der Waals surface area contributed by atoms with Crippen LogP contribution in [-0.4, -0.2) is 24.0 Å². The molecule has 0 saturated heterocycles. The Hall–Kier alpha value is -0.570. The molecule has 1 amide bonds. The number of hydrogen-bond donors (Lipinski definition) is 2. The summed E-state index contributed by atoms with van der Waals surface area (Å²) in [5.41, 5.74) is -0.237. The summed E-state index contributed by atoms with van der Waals surface area (Å²) in [4.78, 5) is 12.2. The molecule has 2 saturated carbocycles. The second kappa shape index (κ2) is 5.17. The highest BCUT2D eigenvalue weighted by Gasteiger charge is 2.41. The number of amides is 1. The van der Waals surface area contributed by atoms with Crippen molar-refractivity contribution in [3.63, 3.8) is 0 Å². The van der Waals surface area contributed by atoms with Crippen LogP contribution in [0.15, 0.2) is 0 Å². The molecule has 0 heterocycles. The van der Waals surface area contributed by atoms with E-state index < -0.39 is 0 Å². The van der Waals surface area contributed by atoms with Gasteiger partial charge >= 0.3 is 0 Å². The number of nitrogens with one attached hydrogen (secondary N) is 2. The third-order valence-electron chi connectivity index (χ3n) is 4.06. The van der Waals surface area contributed by atoms with Gasteiger partial charge in [0.25, 0.3) is 0 Å². The van der Waals surface area contributed by atoms with E-state index in [2.05, 4.69) is 10.6 Å². The van der Waals surface area contributed by atoms with Crippen molar-refractivity contribution in [3.8, 4) is 0 Å². The predicted molar refractivity (Wildman–Crippen MR) is 65.3 cm³/mol. The summed E-state index contributed by atoms with van der Waals surface area (Å²) in [6, 6.07) is 0.598. The van der Waals surface area contributed by atoms with Gasteiger partial charge in [0.15, 0.2) is 0 Å². The molecule has 0 aromatic heterocycles. The van der Waals surface area contributed by atoms with Gasteiger partial charge in [-0.1, -0.05) is 25.7 Å². The first-order valence-corrected chi connectivity index (χ1v) is 6.83. The van der Waals surface area contributed by atoms with Crippen molar-refractivity contribution >= 4 is 5.91 Å². The zero-order valence-electron chi connectivity index (χ0n) is 10.3. The van der Waals surface area contributed by atoms with Crippen molar-refractivity contribution in [2.75, 3.05) is 6.54 Å². The molecule has 0 unspecified atom stereocenters. The van der Waals surface area contributed by atoms with Crippen molar-refractivity contribution < 1.29 is 4.79 Å². The maximum atomic E-state index is 12.2. The molecule has 0 aliphatic heterocycles. The highest BCUT2D eigenvalue weighted by molar-refractivity contribution is 5.86. The molecule has 2 N–H and O–H groups in total. The van der Waals surface area contributed by atoms with Gasteiger partial charge in [-0.25, -0.2) is 0 Å². The van der Waals surface area contributed by atoms with Gasteiger partial charge in [-0.15, -0.1) is 0 Å². The highest BCUT2D eigenvalue weighted by atomic mass is 16.2. The molecule has 3 heteroatoms. The normalized spacial score (nSPS) is 24.8. The number of likely N-dealkylation sites (N-methyl/N-ethyl adjacent to an activating group) is 1. The fourth-order valence-electron chi connectivity index (χ4n) is 2.87. The van der Waals surface area contributed by atoms with Gasteiger partial charge in [0.05, 0.1) is 5.54 Å². The predicted octanol–water partition coefficient (Wildman–Crippen LogP) is 1.97. The fourth-order valence-corrected chi connectivity index (χ4v) is 2.87. The first-order chi connectivity index (χ1) is 7.77. The minimum Gasteiger partial charge on any atom is -0.355 e. The van der Waals surface area contributed by atoms with Crippen LogP contribution in [-0.2, 0) is 4.79 Å². The summed E-state index contributed by atoms with van der Waals surface area (Å²) >= 11 is 0. The van der Waals surface area contributed by atoms with Crippen LogP contribution in [0.2, 0.25) is 0 Å². The Labute approximate surface area is 98.4 Å². The minimum atomic E-state index is -0.237. The summed E-state index contributed by atoms with van der Waals surface area (Å²) in [5, 5.41) is 6.65. The quantitative estimate of drug-likeness (QED) is 0.766. The van der Waals surface area contributed by atoms with Gasteiger partial charge in [0, 0.05) is 12.6 Å². The van der Waals surface area contributed by atoms with E-state index in [4.69, 9.17) is 0 Å². The molecule has 0 spiro atoms. The van der Waals surface area contributed by atoms with Crippen molar-refractivity contribution in [3.05, 3.63) is 0 Å². The number of rotatable bonds is 4. The molecule has 0 aromatic carbocycles. The smallest absolute Gasteiger partial charge is 0.240 e. The molecular weight excluding hydrogens is 200 g/mol. The lowest BCUT2D eigenvalue weighted by molar-refractivity contribution is -0.129. The molecule has 2 fully saturated rings. The monoisotopic (exact) mass is 224 g/mol. The Bertz CT molecular complexity index is 242. The number of carbonyl (C=O) groups is 1. The maximum Gasteiger partial charge on any atom is 0.240 e. The van der Waals surface area contributed by atoms with E-state index in [1.54, 1.807) is 0 Å². The molecule has 0 atom stereocenters. The van der Waals surface area contributed by atoms with E-state index in [9.17, 15) is 4.79 Å². The van der Waals surface area contributed by atoms with Gasteiger partial charge in [0.1, 0.15) is 0 Å². The average molecular weight is 224 g/mol. The molecule has 3 nitrogen and oxygen atoms in total. The molecule has 0 bridgehead atoms. The van der Waals surface area contributed by atoms with Crippen LogP contribution >= 0.6 is 0 Å². The van der Waals surface area contributed by atoms with Crippen LogP contribution in [0.3, 0.4) is 0 Å². The molecule has 92 valence electrons. The minimum absolute atomic E-state index is 0.237. The van der Waals surface area contributed by atoms with E-state index in [0.29, 0.717) is 6.04 Å². The molecule has 16 heavy (non-hydrogen) atoms. The highest BCUT2D eigenvalue weighted by Crippen LogP contribution is 2.31. The first-order valence-electron chi connectivity index (χ1n) is 6.83. The van der Waals surface area contributed by atoms with Crippen molar-refractivity contribution in [1.29, 1.82) is 0 Å². The lowest BCUT2D eigenvalue weighted by Gasteiger charge is -2.42. The molecule has 0 aromatic rings. The summed E-state index contributed by atoms with van der Waals surface area (Å²) < 4.78 is 0. The van der Waals surface area contributed by atoms with Crippen molar-refractivity contribution in [2.24, 2.45) is 0 Å². The topological polar surface area (TPSA) is 41.1 Å².